The number of pyridine rings is 1. The van der Waals surface area contributed by atoms with E-state index >= 15 is 0 Å². The van der Waals surface area contributed by atoms with Crippen LogP contribution >= 0.6 is 0 Å². The molecule has 1 aromatic carbocycles. The number of nitrogens with zero attached hydrogens (tertiary/aromatic N) is 1. The van der Waals surface area contributed by atoms with Crippen LogP contribution in [0.15, 0.2) is 36.7 Å². The Kier molecular flexibility index (Phi) is 3.45. The molecule has 0 saturated carbocycles. The number of fused-ring (bicyclic) bond motifs is 1. The van der Waals surface area contributed by atoms with Gasteiger partial charge in [0, 0.05) is 23.5 Å². The number of hydrogen-bond acceptors (Lipinski definition) is 2. The van der Waals surface area contributed by atoms with E-state index in [9.17, 15) is 18.3 Å². The highest BCUT2D eigenvalue weighted by Crippen LogP contribution is 2.36. The third-order valence-electron chi connectivity index (χ3n) is 3.88. The summed E-state index contributed by atoms with van der Waals surface area (Å²) in [5.41, 5.74) is 2.62. The number of alkyl halides is 3. The standard InChI is InChI=1S/C16H14F3NO/c17-16(18,19)11-6-4-10(5-7-11)13-8-20-9-14-12(13)2-1-3-15(14)21/h4-9,15,21H,1-3H2. The molecule has 21 heavy (non-hydrogen) atoms. The number of halogens is 3. The van der Waals surface area contributed by atoms with E-state index in [1.54, 1.807) is 12.4 Å². The zero-order valence-corrected chi connectivity index (χ0v) is 11.2. The van der Waals surface area contributed by atoms with Crippen LogP contribution in [0.2, 0.25) is 0 Å². The van der Waals surface area contributed by atoms with Crippen LogP contribution in [0.25, 0.3) is 11.1 Å². The minimum atomic E-state index is -4.33. The lowest BCUT2D eigenvalue weighted by atomic mass is 9.86. The molecule has 2 aromatic rings. The van der Waals surface area contributed by atoms with Crippen molar-refractivity contribution in [3.8, 4) is 11.1 Å². The molecule has 1 aliphatic carbocycles. The second-order valence-corrected chi connectivity index (χ2v) is 5.24. The Bertz CT molecular complexity index is 650. The fourth-order valence-electron chi connectivity index (χ4n) is 2.78. The molecule has 1 aliphatic rings. The maximum Gasteiger partial charge on any atom is 0.416 e. The monoisotopic (exact) mass is 293 g/mol. The summed E-state index contributed by atoms with van der Waals surface area (Å²) in [6.07, 6.45) is 0.813. The number of aliphatic hydroxyl groups is 1. The molecule has 3 rings (SSSR count). The summed E-state index contributed by atoms with van der Waals surface area (Å²) in [6.45, 7) is 0. The van der Waals surface area contributed by atoms with E-state index in [0.717, 1.165) is 41.7 Å². The van der Waals surface area contributed by atoms with Gasteiger partial charge in [0.1, 0.15) is 0 Å². The van der Waals surface area contributed by atoms with E-state index in [0.29, 0.717) is 12.0 Å². The first kappa shape index (κ1) is 14.1. The van der Waals surface area contributed by atoms with Crippen LogP contribution in [0.1, 0.15) is 35.6 Å². The van der Waals surface area contributed by atoms with E-state index in [-0.39, 0.29) is 0 Å². The van der Waals surface area contributed by atoms with Crippen molar-refractivity contribution in [2.24, 2.45) is 0 Å². The van der Waals surface area contributed by atoms with Crippen molar-refractivity contribution in [1.82, 2.24) is 4.98 Å². The second-order valence-electron chi connectivity index (χ2n) is 5.24. The Balaban J connectivity index is 2.03. The summed E-state index contributed by atoms with van der Waals surface area (Å²) in [7, 11) is 0. The van der Waals surface area contributed by atoms with E-state index in [1.807, 2.05) is 0 Å². The largest absolute Gasteiger partial charge is 0.416 e. The van der Waals surface area contributed by atoms with Gasteiger partial charge in [-0.15, -0.1) is 0 Å². The Morgan fingerprint density at radius 1 is 1.10 bits per heavy atom. The molecule has 0 aliphatic heterocycles. The highest BCUT2D eigenvalue weighted by molar-refractivity contribution is 5.68. The summed E-state index contributed by atoms with van der Waals surface area (Å²) in [5, 5.41) is 9.99. The Hall–Kier alpha value is -1.88. The van der Waals surface area contributed by atoms with Gasteiger partial charge in [-0.1, -0.05) is 12.1 Å². The van der Waals surface area contributed by atoms with Gasteiger partial charge in [-0.05, 0) is 42.5 Å². The summed E-state index contributed by atoms with van der Waals surface area (Å²) < 4.78 is 37.8. The molecule has 0 bridgehead atoms. The third-order valence-corrected chi connectivity index (χ3v) is 3.88. The van der Waals surface area contributed by atoms with Gasteiger partial charge >= 0.3 is 6.18 Å². The highest BCUT2D eigenvalue weighted by atomic mass is 19.4. The van der Waals surface area contributed by atoms with Gasteiger partial charge in [0.15, 0.2) is 0 Å². The van der Waals surface area contributed by atoms with Crippen molar-refractivity contribution >= 4 is 0 Å². The molecule has 2 nitrogen and oxygen atoms in total. The molecule has 0 spiro atoms. The first-order chi connectivity index (χ1) is 9.97. The van der Waals surface area contributed by atoms with Crippen LogP contribution in [0.3, 0.4) is 0 Å². The van der Waals surface area contributed by atoms with Crippen molar-refractivity contribution in [1.29, 1.82) is 0 Å². The molecule has 1 N–H and O–H groups in total. The molecule has 1 atom stereocenters. The van der Waals surface area contributed by atoms with Gasteiger partial charge in [-0.3, -0.25) is 4.98 Å². The van der Waals surface area contributed by atoms with Gasteiger partial charge in [-0.25, -0.2) is 0 Å². The highest BCUT2D eigenvalue weighted by Gasteiger charge is 2.30. The molecule has 0 radical (unpaired) electrons. The van der Waals surface area contributed by atoms with Crippen LogP contribution in [0.5, 0.6) is 0 Å². The number of hydrogen-bond donors (Lipinski definition) is 1. The van der Waals surface area contributed by atoms with Gasteiger partial charge in [0.05, 0.1) is 11.7 Å². The summed E-state index contributed by atoms with van der Waals surface area (Å²) >= 11 is 0. The minimum Gasteiger partial charge on any atom is -0.388 e. The maximum absolute atomic E-state index is 12.6. The first-order valence-corrected chi connectivity index (χ1v) is 6.79. The predicted molar refractivity (Wildman–Crippen MR) is 72.6 cm³/mol. The molecule has 5 heteroatoms. The molecule has 1 aromatic heterocycles. The van der Waals surface area contributed by atoms with Crippen LogP contribution in [-0.4, -0.2) is 10.1 Å². The van der Waals surface area contributed by atoms with Gasteiger partial charge < -0.3 is 5.11 Å². The fraction of sp³-hybridized carbons (Fsp3) is 0.312. The van der Waals surface area contributed by atoms with Gasteiger partial charge in [0.2, 0.25) is 0 Å². The molecule has 1 unspecified atom stereocenters. The lowest BCUT2D eigenvalue weighted by Gasteiger charge is -2.23. The van der Waals surface area contributed by atoms with E-state index in [4.69, 9.17) is 0 Å². The number of benzene rings is 1. The zero-order valence-electron chi connectivity index (χ0n) is 11.2. The molecule has 0 amide bonds. The van der Waals surface area contributed by atoms with Crippen molar-refractivity contribution in [3.05, 3.63) is 53.3 Å². The lowest BCUT2D eigenvalue weighted by molar-refractivity contribution is -0.137. The second kappa shape index (κ2) is 5.15. The SMILES string of the molecule is OC1CCCc2c(-c3ccc(C(F)(F)F)cc3)cncc21. The normalized spacial score (nSPS) is 18.4. The summed E-state index contributed by atoms with van der Waals surface area (Å²) in [6, 6.07) is 5.07. The smallest absolute Gasteiger partial charge is 0.388 e. The van der Waals surface area contributed by atoms with Crippen molar-refractivity contribution in [3.63, 3.8) is 0 Å². The number of aromatic nitrogens is 1. The quantitative estimate of drug-likeness (QED) is 0.857. The van der Waals surface area contributed by atoms with Crippen LogP contribution in [-0.2, 0) is 12.6 Å². The van der Waals surface area contributed by atoms with Crippen molar-refractivity contribution < 1.29 is 18.3 Å². The van der Waals surface area contributed by atoms with Gasteiger partial charge in [0.25, 0.3) is 0 Å². The molecule has 1 heterocycles. The summed E-state index contributed by atoms with van der Waals surface area (Å²) in [4.78, 5) is 4.11. The molecule has 0 saturated heterocycles. The maximum atomic E-state index is 12.6. The first-order valence-electron chi connectivity index (χ1n) is 6.79. The third kappa shape index (κ3) is 2.65. The van der Waals surface area contributed by atoms with Crippen LogP contribution < -0.4 is 0 Å². The van der Waals surface area contributed by atoms with Crippen molar-refractivity contribution in [2.45, 2.75) is 31.5 Å². The lowest BCUT2D eigenvalue weighted by Crippen LogP contribution is -2.11. The van der Waals surface area contributed by atoms with E-state index in [1.165, 1.54) is 12.1 Å². The topological polar surface area (TPSA) is 33.1 Å². The molecular weight excluding hydrogens is 279 g/mol. The van der Waals surface area contributed by atoms with Gasteiger partial charge in [-0.2, -0.15) is 13.2 Å². The number of aliphatic hydroxyl groups excluding tert-OH is 1. The Morgan fingerprint density at radius 2 is 1.81 bits per heavy atom. The fourth-order valence-corrected chi connectivity index (χ4v) is 2.78. The summed E-state index contributed by atoms with van der Waals surface area (Å²) in [5.74, 6) is 0. The van der Waals surface area contributed by atoms with E-state index in [2.05, 4.69) is 4.98 Å². The average Bonchev–Trinajstić information content (AvgIpc) is 2.46. The van der Waals surface area contributed by atoms with Crippen LogP contribution in [0, 0.1) is 0 Å². The Morgan fingerprint density at radius 3 is 2.48 bits per heavy atom. The molecular formula is C16H14F3NO. The molecule has 110 valence electrons. The van der Waals surface area contributed by atoms with Crippen LogP contribution in [0.4, 0.5) is 13.2 Å². The Labute approximate surface area is 120 Å². The number of rotatable bonds is 1. The predicted octanol–water partition coefficient (Wildman–Crippen LogP) is 4.14. The van der Waals surface area contributed by atoms with E-state index < -0.39 is 17.8 Å². The molecule has 0 fully saturated rings. The minimum absolute atomic E-state index is 0.532. The average molecular weight is 293 g/mol. The van der Waals surface area contributed by atoms with Crippen molar-refractivity contribution in [2.75, 3.05) is 0 Å². The zero-order chi connectivity index (χ0) is 15.0.